The number of nitrogen functional groups attached to an aromatic ring is 1. The van der Waals surface area contributed by atoms with Gasteiger partial charge < -0.3 is 15.8 Å². The summed E-state index contributed by atoms with van der Waals surface area (Å²) in [5, 5.41) is 2.87. The third kappa shape index (κ3) is 2.36. The van der Waals surface area contributed by atoms with Crippen LogP contribution in [0.2, 0.25) is 0 Å². The third-order valence-electron chi connectivity index (χ3n) is 3.28. The molecule has 0 saturated heterocycles. The molecule has 1 heterocycles. The Morgan fingerprint density at radius 3 is 2.90 bits per heavy atom. The van der Waals surface area contributed by atoms with Crippen LogP contribution in [0.15, 0.2) is 46.9 Å². The van der Waals surface area contributed by atoms with E-state index < -0.39 is 0 Å². The smallest absolute Gasteiger partial charge is 0.235 e. The summed E-state index contributed by atoms with van der Waals surface area (Å²) in [7, 11) is 0. The van der Waals surface area contributed by atoms with Crippen LogP contribution in [-0.2, 0) is 4.79 Å². The molecule has 1 aliphatic heterocycles. The molecule has 1 unspecified atom stereocenters. The lowest BCUT2D eigenvalue weighted by Crippen LogP contribution is -2.22. The first-order valence-corrected chi connectivity index (χ1v) is 7.02. The molecule has 0 bridgehead atoms. The predicted molar refractivity (Wildman–Crippen MR) is 81.9 cm³/mol. The summed E-state index contributed by atoms with van der Waals surface area (Å²) in [6.45, 7) is 0.372. The Bertz CT molecular complexity index is 673. The van der Waals surface area contributed by atoms with Crippen molar-refractivity contribution in [3.63, 3.8) is 0 Å². The highest BCUT2D eigenvalue weighted by Gasteiger charge is 2.29. The van der Waals surface area contributed by atoms with Crippen LogP contribution in [0.25, 0.3) is 0 Å². The molecule has 0 aromatic heterocycles. The zero-order valence-electron chi connectivity index (χ0n) is 10.6. The fraction of sp³-hybridized carbons (Fsp3) is 0.133. The van der Waals surface area contributed by atoms with Crippen molar-refractivity contribution in [1.29, 1.82) is 0 Å². The summed E-state index contributed by atoms with van der Waals surface area (Å²) in [5.74, 6) is 0.413. The molecular formula is C15H13BrN2O2. The molecule has 1 amide bonds. The van der Waals surface area contributed by atoms with E-state index in [9.17, 15) is 4.79 Å². The van der Waals surface area contributed by atoms with E-state index in [1.165, 1.54) is 0 Å². The minimum Gasteiger partial charge on any atom is -0.492 e. The van der Waals surface area contributed by atoms with E-state index in [0.29, 0.717) is 18.0 Å². The molecule has 0 spiro atoms. The first-order valence-electron chi connectivity index (χ1n) is 6.23. The summed E-state index contributed by atoms with van der Waals surface area (Å²) in [6, 6.07) is 12.9. The molecule has 1 aliphatic rings. The number of rotatable bonds is 2. The Balaban J connectivity index is 1.79. The van der Waals surface area contributed by atoms with Gasteiger partial charge in [-0.15, -0.1) is 0 Å². The van der Waals surface area contributed by atoms with E-state index in [4.69, 9.17) is 10.5 Å². The van der Waals surface area contributed by atoms with E-state index in [-0.39, 0.29) is 11.8 Å². The van der Waals surface area contributed by atoms with Crippen LogP contribution in [0.4, 0.5) is 11.4 Å². The van der Waals surface area contributed by atoms with Crippen molar-refractivity contribution in [3.8, 4) is 5.75 Å². The maximum Gasteiger partial charge on any atom is 0.235 e. The molecule has 5 heteroatoms. The van der Waals surface area contributed by atoms with Gasteiger partial charge in [0.1, 0.15) is 18.3 Å². The van der Waals surface area contributed by atoms with Crippen LogP contribution in [0.1, 0.15) is 11.5 Å². The highest BCUT2D eigenvalue weighted by atomic mass is 79.9. The van der Waals surface area contributed by atoms with Crippen LogP contribution in [0.3, 0.4) is 0 Å². The van der Waals surface area contributed by atoms with E-state index >= 15 is 0 Å². The van der Waals surface area contributed by atoms with Gasteiger partial charge in [0.2, 0.25) is 5.91 Å². The molecule has 2 aromatic carbocycles. The van der Waals surface area contributed by atoms with Crippen molar-refractivity contribution in [2.24, 2.45) is 0 Å². The fourth-order valence-corrected chi connectivity index (χ4v) is 2.48. The van der Waals surface area contributed by atoms with Gasteiger partial charge >= 0.3 is 0 Å². The van der Waals surface area contributed by atoms with Gasteiger partial charge in [-0.25, -0.2) is 0 Å². The molecule has 0 fully saturated rings. The number of carbonyl (C=O) groups excluding carboxylic acids is 1. The quantitative estimate of drug-likeness (QED) is 0.830. The molecule has 20 heavy (non-hydrogen) atoms. The topological polar surface area (TPSA) is 64.3 Å². The molecule has 3 rings (SSSR count). The number of carbonyl (C=O) groups is 1. The van der Waals surface area contributed by atoms with Crippen molar-refractivity contribution >= 4 is 33.2 Å². The highest BCUT2D eigenvalue weighted by Crippen LogP contribution is 2.34. The molecule has 0 saturated carbocycles. The van der Waals surface area contributed by atoms with Gasteiger partial charge in [0.15, 0.2) is 0 Å². The standard InChI is InChI=1S/C15H13BrN2O2/c16-12-6-5-9(7-13(12)17)18-15(19)11-8-20-14-4-2-1-3-10(11)14/h1-7,11H,8,17H2,(H,18,19). The lowest BCUT2D eigenvalue weighted by Gasteiger charge is -2.11. The van der Waals surface area contributed by atoms with Crippen LogP contribution in [0.5, 0.6) is 5.75 Å². The van der Waals surface area contributed by atoms with Crippen LogP contribution in [-0.4, -0.2) is 12.5 Å². The number of para-hydroxylation sites is 1. The summed E-state index contributed by atoms with van der Waals surface area (Å²) >= 11 is 3.33. The summed E-state index contributed by atoms with van der Waals surface area (Å²) in [5.41, 5.74) is 8.00. The number of ether oxygens (including phenoxy) is 1. The average Bonchev–Trinajstić information content (AvgIpc) is 2.87. The Morgan fingerprint density at radius 1 is 1.30 bits per heavy atom. The van der Waals surface area contributed by atoms with Crippen molar-refractivity contribution in [1.82, 2.24) is 0 Å². The van der Waals surface area contributed by atoms with Gasteiger partial charge in [-0.3, -0.25) is 4.79 Å². The lowest BCUT2D eigenvalue weighted by molar-refractivity contribution is -0.117. The number of benzene rings is 2. The van der Waals surface area contributed by atoms with Crippen molar-refractivity contribution in [2.75, 3.05) is 17.7 Å². The van der Waals surface area contributed by atoms with Crippen LogP contribution in [0, 0.1) is 0 Å². The molecule has 3 N–H and O–H groups in total. The Morgan fingerprint density at radius 2 is 2.10 bits per heavy atom. The summed E-state index contributed by atoms with van der Waals surface area (Å²) in [6.07, 6.45) is 0. The van der Waals surface area contributed by atoms with E-state index in [1.54, 1.807) is 12.1 Å². The second-order valence-corrected chi connectivity index (χ2v) is 5.48. The van der Waals surface area contributed by atoms with E-state index in [2.05, 4.69) is 21.2 Å². The molecule has 2 aromatic rings. The maximum atomic E-state index is 12.3. The normalized spacial score (nSPS) is 16.4. The van der Waals surface area contributed by atoms with Gasteiger partial charge in [0, 0.05) is 21.4 Å². The van der Waals surface area contributed by atoms with Gasteiger partial charge in [-0.1, -0.05) is 18.2 Å². The molecule has 0 radical (unpaired) electrons. The molecule has 4 nitrogen and oxygen atoms in total. The van der Waals surface area contributed by atoms with Gasteiger partial charge in [0.25, 0.3) is 0 Å². The number of halogens is 1. The van der Waals surface area contributed by atoms with Crippen molar-refractivity contribution in [2.45, 2.75) is 5.92 Å². The van der Waals surface area contributed by atoms with E-state index in [0.717, 1.165) is 15.8 Å². The monoisotopic (exact) mass is 332 g/mol. The summed E-state index contributed by atoms with van der Waals surface area (Å²) < 4.78 is 6.33. The Kier molecular flexibility index (Phi) is 3.36. The number of nitrogens with two attached hydrogens (primary N) is 1. The first-order chi connectivity index (χ1) is 9.65. The fourth-order valence-electron chi connectivity index (χ4n) is 2.23. The predicted octanol–water partition coefficient (Wildman–Crippen LogP) is 3.15. The number of fused-ring (bicyclic) bond motifs is 1. The first kappa shape index (κ1) is 13.0. The maximum absolute atomic E-state index is 12.3. The highest BCUT2D eigenvalue weighted by molar-refractivity contribution is 9.10. The summed E-state index contributed by atoms with van der Waals surface area (Å²) in [4.78, 5) is 12.3. The number of nitrogens with one attached hydrogen (secondary N) is 1. The third-order valence-corrected chi connectivity index (χ3v) is 4.00. The van der Waals surface area contributed by atoms with Gasteiger partial charge in [-0.05, 0) is 40.2 Å². The minimum absolute atomic E-state index is 0.0864. The largest absolute Gasteiger partial charge is 0.492 e. The van der Waals surface area contributed by atoms with Gasteiger partial charge in [0.05, 0.1) is 0 Å². The van der Waals surface area contributed by atoms with Crippen molar-refractivity contribution < 1.29 is 9.53 Å². The van der Waals surface area contributed by atoms with Crippen LogP contribution >= 0.6 is 15.9 Å². The number of amides is 1. The Labute approximate surface area is 125 Å². The Hall–Kier alpha value is -2.01. The van der Waals surface area contributed by atoms with Crippen molar-refractivity contribution in [3.05, 3.63) is 52.5 Å². The minimum atomic E-state index is -0.281. The second kappa shape index (κ2) is 5.17. The van der Waals surface area contributed by atoms with Crippen LogP contribution < -0.4 is 15.8 Å². The molecule has 1 atom stereocenters. The zero-order valence-corrected chi connectivity index (χ0v) is 12.2. The number of hydrogen-bond donors (Lipinski definition) is 2. The molecule has 102 valence electrons. The number of anilines is 2. The van der Waals surface area contributed by atoms with Gasteiger partial charge in [-0.2, -0.15) is 0 Å². The second-order valence-electron chi connectivity index (χ2n) is 4.63. The lowest BCUT2D eigenvalue weighted by atomic mass is 10.0. The zero-order chi connectivity index (χ0) is 14.1. The van der Waals surface area contributed by atoms with E-state index in [1.807, 2.05) is 30.3 Å². The molecule has 0 aliphatic carbocycles. The number of hydrogen-bond acceptors (Lipinski definition) is 3. The molecular weight excluding hydrogens is 320 g/mol. The average molecular weight is 333 g/mol. The SMILES string of the molecule is Nc1cc(NC(=O)C2COc3ccccc32)ccc1Br.